The van der Waals surface area contributed by atoms with Gasteiger partial charge in [0.2, 0.25) is 5.91 Å². The van der Waals surface area contributed by atoms with Crippen LogP contribution in [0.15, 0.2) is 91.5 Å². The summed E-state index contributed by atoms with van der Waals surface area (Å²) < 4.78 is 5.27. The molecule has 0 spiro atoms. The summed E-state index contributed by atoms with van der Waals surface area (Å²) in [6, 6.07) is 24.5. The van der Waals surface area contributed by atoms with Gasteiger partial charge in [0.1, 0.15) is 5.75 Å². The lowest BCUT2D eigenvalue weighted by atomic mass is 10.1. The summed E-state index contributed by atoms with van der Waals surface area (Å²) in [4.78, 5) is 27.1. The number of hydrogen-bond donors (Lipinski definition) is 1. The van der Waals surface area contributed by atoms with Gasteiger partial charge in [0.15, 0.2) is 0 Å². The molecule has 5 nitrogen and oxygen atoms in total. The molecule has 158 valence electrons. The fraction of sp³-hybridized carbons (Fsp3) is 0.154. The number of benzene rings is 3. The topological polar surface area (TPSA) is 58.6 Å². The Hall–Kier alpha value is -3.86. The van der Waals surface area contributed by atoms with Crippen LogP contribution in [-0.4, -0.2) is 25.5 Å². The Bertz CT molecular complexity index is 1030. The maximum Gasteiger partial charge on any atom is 0.258 e. The second-order valence-corrected chi connectivity index (χ2v) is 7.04. The van der Waals surface area contributed by atoms with Crippen molar-refractivity contribution in [3.63, 3.8) is 0 Å². The van der Waals surface area contributed by atoms with E-state index in [1.807, 2.05) is 60.7 Å². The highest BCUT2D eigenvalue weighted by Crippen LogP contribution is 2.23. The van der Waals surface area contributed by atoms with Crippen LogP contribution in [0.5, 0.6) is 5.75 Å². The zero-order chi connectivity index (χ0) is 22.1. The molecule has 0 unspecified atom stereocenters. The third kappa shape index (κ3) is 6.06. The van der Waals surface area contributed by atoms with Gasteiger partial charge in [0.05, 0.1) is 20.1 Å². The summed E-state index contributed by atoms with van der Waals surface area (Å²) in [5.41, 5.74) is 3.19. The quantitative estimate of drug-likeness (QED) is 0.529. The van der Waals surface area contributed by atoms with Gasteiger partial charge in [-0.2, -0.15) is 0 Å². The lowest BCUT2D eigenvalue weighted by molar-refractivity contribution is -0.120. The maximum absolute atomic E-state index is 13.4. The van der Waals surface area contributed by atoms with Crippen molar-refractivity contribution < 1.29 is 14.3 Å². The summed E-state index contributed by atoms with van der Waals surface area (Å²) in [6.07, 6.45) is 1.92. The second-order valence-electron chi connectivity index (χ2n) is 7.04. The molecule has 3 rings (SSSR count). The molecule has 0 aliphatic heterocycles. The Kier molecular flexibility index (Phi) is 7.60. The molecular formula is C26H26N2O3. The summed E-state index contributed by atoms with van der Waals surface area (Å²) in [5.74, 6) is 0.437. The van der Waals surface area contributed by atoms with Crippen LogP contribution in [0, 0.1) is 0 Å². The van der Waals surface area contributed by atoms with Gasteiger partial charge in [-0.3, -0.25) is 9.59 Å². The predicted octanol–water partition coefficient (Wildman–Crippen LogP) is 4.39. The molecule has 2 amide bonds. The summed E-state index contributed by atoms with van der Waals surface area (Å²) in [5, 5.41) is 2.77. The molecule has 0 aromatic heterocycles. The number of amides is 2. The van der Waals surface area contributed by atoms with E-state index in [1.165, 1.54) is 0 Å². The Morgan fingerprint density at radius 3 is 2.39 bits per heavy atom. The Morgan fingerprint density at radius 1 is 0.968 bits per heavy atom. The predicted molar refractivity (Wildman–Crippen MR) is 123 cm³/mol. The number of methoxy groups -OCH3 is 1. The molecule has 0 saturated carbocycles. The maximum atomic E-state index is 13.4. The first-order chi connectivity index (χ1) is 15.1. The fourth-order valence-electron chi connectivity index (χ4n) is 3.19. The number of carbonyl (C=O) groups excluding carboxylic acids is 2. The zero-order valence-corrected chi connectivity index (χ0v) is 17.6. The molecule has 1 N–H and O–H groups in total. The highest BCUT2D eigenvalue weighted by molar-refractivity contribution is 6.06. The lowest BCUT2D eigenvalue weighted by Crippen LogP contribution is -2.30. The summed E-state index contributed by atoms with van der Waals surface area (Å²) in [7, 11) is 1.58. The normalized spacial score (nSPS) is 10.2. The first kappa shape index (κ1) is 21.8. The first-order valence-electron chi connectivity index (χ1n) is 10.1. The third-order valence-electron chi connectivity index (χ3n) is 4.80. The van der Waals surface area contributed by atoms with E-state index in [0.29, 0.717) is 24.4 Å². The third-order valence-corrected chi connectivity index (χ3v) is 4.80. The van der Waals surface area contributed by atoms with Crippen molar-refractivity contribution in [1.29, 1.82) is 0 Å². The number of ether oxygens (including phenoxy) is 1. The number of anilines is 1. The lowest BCUT2D eigenvalue weighted by Gasteiger charge is -2.24. The van der Waals surface area contributed by atoms with E-state index in [1.54, 1.807) is 36.3 Å². The van der Waals surface area contributed by atoms with E-state index in [9.17, 15) is 9.59 Å². The molecule has 31 heavy (non-hydrogen) atoms. The van der Waals surface area contributed by atoms with Crippen LogP contribution in [0.3, 0.4) is 0 Å². The summed E-state index contributed by atoms with van der Waals surface area (Å²) >= 11 is 0. The van der Waals surface area contributed by atoms with Crippen molar-refractivity contribution in [3.05, 3.63) is 108 Å². The van der Waals surface area contributed by atoms with E-state index < -0.39 is 0 Å². The van der Waals surface area contributed by atoms with Crippen molar-refractivity contribution in [2.45, 2.75) is 13.0 Å². The molecule has 0 fully saturated rings. The van der Waals surface area contributed by atoms with Gasteiger partial charge in [0.25, 0.3) is 5.91 Å². The molecular weight excluding hydrogens is 388 g/mol. The van der Waals surface area contributed by atoms with Crippen LogP contribution in [0.25, 0.3) is 0 Å². The van der Waals surface area contributed by atoms with E-state index >= 15 is 0 Å². The van der Waals surface area contributed by atoms with Crippen molar-refractivity contribution in [2.75, 3.05) is 18.6 Å². The first-order valence-corrected chi connectivity index (χ1v) is 10.1. The minimum Gasteiger partial charge on any atom is -0.497 e. The average molecular weight is 415 g/mol. The number of nitrogens with zero attached hydrogens (tertiary/aromatic N) is 1. The van der Waals surface area contributed by atoms with Gasteiger partial charge in [-0.15, -0.1) is 6.58 Å². The Morgan fingerprint density at radius 2 is 1.71 bits per heavy atom. The zero-order valence-electron chi connectivity index (χ0n) is 17.6. The molecule has 0 aliphatic rings. The fourth-order valence-corrected chi connectivity index (χ4v) is 3.19. The molecule has 5 heteroatoms. The van der Waals surface area contributed by atoms with Crippen LogP contribution in [0.2, 0.25) is 0 Å². The molecule has 0 bridgehead atoms. The van der Waals surface area contributed by atoms with E-state index in [-0.39, 0.29) is 18.2 Å². The van der Waals surface area contributed by atoms with E-state index in [2.05, 4.69) is 11.9 Å². The second kappa shape index (κ2) is 10.8. The van der Waals surface area contributed by atoms with Gasteiger partial charge in [-0.05, 0) is 41.5 Å². The molecule has 0 aliphatic carbocycles. The highest BCUT2D eigenvalue weighted by atomic mass is 16.5. The van der Waals surface area contributed by atoms with E-state index in [4.69, 9.17) is 4.74 Å². The monoisotopic (exact) mass is 414 g/mol. The van der Waals surface area contributed by atoms with Crippen molar-refractivity contribution in [3.8, 4) is 5.75 Å². The van der Waals surface area contributed by atoms with Crippen molar-refractivity contribution >= 4 is 17.5 Å². The minimum absolute atomic E-state index is 0.0683. The van der Waals surface area contributed by atoms with Gasteiger partial charge >= 0.3 is 0 Å². The van der Waals surface area contributed by atoms with Crippen LogP contribution >= 0.6 is 0 Å². The number of hydrogen-bond acceptors (Lipinski definition) is 3. The Labute approximate surface area is 183 Å². The van der Waals surface area contributed by atoms with Gasteiger partial charge in [-0.25, -0.2) is 0 Å². The minimum atomic E-state index is -0.126. The average Bonchev–Trinajstić information content (AvgIpc) is 2.82. The van der Waals surface area contributed by atoms with Crippen molar-refractivity contribution in [1.82, 2.24) is 5.32 Å². The largest absolute Gasteiger partial charge is 0.497 e. The molecule has 0 saturated heterocycles. The molecule has 0 heterocycles. The Balaban J connectivity index is 1.86. The van der Waals surface area contributed by atoms with Crippen LogP contribution < -0.4 is 15.0 Å². The van der Waals surface area contributed by atoms with Gasteiger partial charge in [0, 0.05) is 17.8 Å². The standard InChI is InChI=1S/C26H26N2O3/c1-3-16-27-25(29)17-20-12-14-23(15-13-20)28(19-21-8-5-4-6-9-21)26(30)22-10-7-11-24(18-22)31-2/h3-15,18H,1,16-17,19H2,2H3,(H,27,29). The van der Waals surface area contributed by atoms with Crippen LogP contribution in [-0.2, 0) is 17.8 Å². The smallest absolute Gasteiger partial charge is 0.258 e. The molecule has 3 aromatic carbocycles. The SMILES string of the molecule is C=CCNC(=O)Cc1ccc(N(Cc2ccccc2)C(=O)c2cccc(OC)c2)cc1. The van der Waals surface area contributed by atoms with E-state index in [0.717, 1.165) is 16.8 Å². The highest BCUT2D eigenvalue weighted by Gasteiger charge is 2.19. The number of rotatable bonds is 9. The molecule has 0 radical (unpaired) electrons. The van der Waals surface area contributed by atoms with Crippen molar-refractivity contribution in [2.24, 2.45) is 0 Å². The number of nitrogens with one attached hydrogen (secondary N) is 1. The summed E-state index contributed by atoms with van der Waals surface area (Å²) in [6.45, 7) is 4.47. The van der Waals surface area contributed by atoms with Crippen LogP contribution in [0.1, 0.15) is 21.5 Å². The number of carbonyl (C=O) groups is 2. The molecule has 0 atom stereocenters. The van der Waals surface area contributed by atoms with Gasteiger partial charge < -0.3 is 15.0 Å². The van der Waals surface area contributed by atoms with Gasteiger partial charge in [-0.1, -0.05) is 54.6 Å². The van der Waals surface area contributed by atoms with Crippen LogP contribution in [0.4, 0.5) is 5.69 Å². The molecule has 3 aromatic rings.